The van der Waals surface area contributed by atoms with E-state index in [0.717, 1.165) is 22.5 Å². The predicted octanol–water partition coefficient (Wildman–Crippen LogP) is 4.45. The van der Waals surface area contributed by atoms with Gasteiger partial charge >= 0.3 is 0 Å². The predicted molar refractivity (Wildman–Crippen MR) is 112 cm³/mol. The summed E-state index contributed by atoms with van der Waals surface area (Å²) in [5.41, 5.74) is 7.28. The lowest BCUT2D eigenvalue weighted by Crippen LogP contribution is -1.98. The third-order valence-electron chi connectivity index (χ3n) is 4.94. The molecular weight excluding hydrogens is 362 g/mol. The first-order valence-corrected chi connectivity index (χ1v) is 9.57. The lowest BCUT2D eigenvalue weighted by molar-refractivity contribution is 0.104. The highest BCUT2D eigenvalue weighted by atomic mass is 16.5. The molecule has 5 heteroatoms. The number of benzene rings is 3. The van der Waals surface area contributed by atoms with E-state index in [4.69, 9.17) is 4.74 Å². The van der Waals surface area contributed by atoms with Gasteiger partial charge in [0.25, 0.3) is 0 Å². The van der Waals surface area contributed by atoms with Crippen LogP contribution in [0.2, 0.25) is 0 Å². The molecule has 29 heavy (non-hydrogen) atoms. The van der Waals surface area contributed by atoms with Gasteiger partial charge in [0.2, 0.25) is 0 Å². The van der Waals surface area contributed by atoms with Crippen molar-refractivity contribution in [2.24, 2.45) is 0 Å². The van der Waals surface area contributed by atoms with E-state index in [9.17, 15) is 5.11 Å². The number of hydrogen-bond acceptors (Lipinski definition) is 4. The van der Waals surface area contributed by atoms with Crippen molar-refractivity contribution < 1.29 is 9.84 Å². The minimum atomic E-state index is -0.0000975. The Morgan fingerprint density at radius 3 is 2.59 bits per heavy atom. The molecule has 0 saturated carbocycles. The van der Waals surface area contributed by atoms with E-state index < -0.39 is 0 Å². The van der Waals surface area contributed by atoms with Gasteiger partial charge < -0.3 is 9.84 Å². The molecule has 1 N–H and O–H groups in total. The Bertz CT molecular complexity index is 1090. The van der Waals surface area contributed by atoms with E-state index >= 15 is 0 Å². The van der Waals surface area contributed by atoms with Crippen LogP contribution in [-0.2, 0) is 24.6 Å². The molecule has 0 spiro atoms. The summed E-state index contributed by atoms with van der Waals surface area (Å²) in [5, 5.41) is 17.6. The van der Waals surface area contributed by atoms with Gasteiger partial charge in [0.05, 0.1) is 31.7 Å². The van der Waals surface area contributed by atoms with Gasteiger partial charge in [0.1, 0.15) is 5.69 Å². The molecule has 0 aliphatic heterocycles. The minimum absolute atomic E-state index is 0.0000975. The lowest BCUT2D eigenvalue weighted by Gasteiger charge is -2.11. The average molecular weight is 385 g/mol. The fourth-order valence-electron chi connectivity index (χ4n) is 3.32. The maximum Gasteiger partial charge on any atom is 0.109 e. The molecule has 0 saturated heterocycles. The highest BCUT2D eigenvalue weighted by Gasteiger charge is 2.08. The van der Waals surface area contributed by atoms with Gasteiger partial charge in [-0.1, -0.05) is 65.9 Å². The van der Waals surface area contributed by atoms with Crippen LogP contribution in [0.4, 0.5) is 0 Å². The van der Waals surface area contributed by atoms with Crippen LogP contribution in [0, 0.1) is 6.92 Å². The summed E-state index contributed by atoms with van der Waals surface area (Å²) in [6.45, 7) is 3.03. The third-order valence-corrected chi connectivity index (χ3v) is 4.94. The molecular formula is C24H23N3O2. The van der Waals surface area contributed by atoms with Gasteiger partial charge in [0, 0.05) is 0 Å². The van der Waals surface area contributed by atoms with Crippen LogP contribution in [0.15, 0.2) is 79.0 Å². The Kier molecular flexibility index (Phi) is 5.79. The second kappa shape index (κ2) is 8.82. The number of rotatable bonds is 7. The van der Waals surface area contributed by atoms with Crippen molar-refractivity contribution in [2.45, 2.75) is 26.7 Å². The number of aliphatic hydroxyl groups excluding tert-OH is 1. The lowest BCUT2D eigenvalue weighted by atomic mass is 9.97. The molecule has 0 aliphatic carbocycles. The highest BCUT2D eigenvalue weighted by Crippen LogP contribution is 2.26. The van der Waals surface area contributed by atoms with Crippen molar-refractivity contribution in [1.29, 1.82) is 0 Å². The van der Waals surface area contributed by atoms with Crippen LogP contribution in [0.25, 0.3) is 16.8 Å². The molecule has 4 rings (SSSR count). The zero-order chi connectivity index (χ0) is 20.1. The molecule has 0 bridgehead atoms. The molecule has 3 aromatic carbocycles. The third kappa shape index (κ3) is 4.42. The molecule has 0 radical (unpaired) electrons. The van der Waals surface area contributed by atoms with Gasteiger partial charge in [-0.3, -0.25) is 0 Å². The summed E-state index contributed by atoms with van der Waals surface area (Å²) >= 11 is 0. The molecule has 4 aromatic rings. The van der Waals surface area contributed by atoms with Gasteiger partial charge in [-0.2, -0.15) is 0 Å². The number of ether oxygens (including phenoxy) is 1. The van der Waals surface area contributed by atoms with Crippen molar-refractivity contribution in [3.05, 3.63) is 101 Å². The zero-order valence-corrected chi connectivity index (χ0v) is 16.3. The fourth-order valence-corrected chi connectivity index (χ4v) is 3.32. The van der Waals surface area contributed by atoms with Gasteiger partial charge in [0.15, 0.2) is 0 Å². The largest absolute Gasteiger partial charge is 0.392 e. The topological polar surface area (TPSA) is 60.2 Å². The van der Waals surface area contributed by atoms with Crippen LogP contribution < -0.4 is 0 Å². The Labute approximate surface area is 170 Å². The van der Waals surface area contributed by atoms with E-state index in [-0.39, 0.29) is 6.61 Å². The van der Waals surface area contributed by atoms with Gasteiger partial charge in [-0.05, 0) is 46.9 Å². The first kappa shape index (κ1) is 19.1. The Balaban J connectivity index is 1.42. The summed E-state index contributed by atoms with van der Waals surface area (Å²) < 4.78 is 7.61. The number of hydrogen-bond donors (Lipinski definition) is 1. The molecule has 5 nitrogen and oxygen atoms in total. The Hall–Kier alpha value is -3.28. The van der Waals surface area contributed by atoms with Crippen molar-refractivity contribution in [1.82, 2.24) is 15.0 Å². The van der Waals surface area contributed by atoms with E-state index in [1.807, 2.05) is 36.5 Å². The number of aliphatic hydroxyl groups is 1. The molecule has 1 heterocycles. The van der Waals surface area contributed by atoms with E-state index in [0.29, 0.717) is 13.2 Å². The quantitative estimate of drug-likeness (QED) is 0.510. The maximum absolute atomic E-state index is 9.29. The first-order valence-electron chi connectivity index (χ1n) is 9.57. The van der Waals surface area contributed by atoms with Gasteiger partial charge in [-0.25, -0.2) is 4.68 Å². The maximum atomic E-state index is 9.29. The number of aromatic nitrogens is 3. The summed E-state index contributed by atoms with van der Waals surface area (Å²) in [4.78, 5) is 0. The second-order valence-corrected chi connectivity index (χ2v) is 6.93. The van der Waals surface area contributed by atoms with Crippen LogP contribution >= 0.6 is 0 Å². The molecule has 0 atom stereocenters. The molecule has 0 amide bonds. The van der Waals surface area contributed by atoms with Crippen LogP contribution in [0.3, 0.4) is 0 Å². The van der Waals surface area contributed by atoms with Crippen LogP contribution in [0.1, 0.15) is 22.4 Å². The molecule has 0 fully saturated rings. The van der Waals surface area contributed by atoms with Crippen molar-refractivity contribution in [3.8, 4) is 16.8 Å². The Morgan fingerprint density at radius 1 is 0.931 bits per heavy atom. The molecule has 1 aromatic heterocycles. The van der Waals surface area contributed by atoms with Crippen molar-refractivity contribution in [3.63, 3.8) is 0 Å². The monoisotopic (exact) mass is 385 g/mol. The summed E-state index contributed by atoms with van der Waals surface area (Å²) in [5.74, 6) is 0. The van der Waals surface area contributed by atoms with E-state index in [1.165, 1.54) is 16.7 Å². The van der Waals surface area contributed by atoms with Crippen LogP contribution in [0.5, 0.6) is 0 Å². The first-order chi connectivity index (χ1) is 14.2. The molecule has 0 aliphatic rings. The normalized spacial score (nSPS) is 11.0. The fraction of sp³-hybridized carbons (Fsp3) is 0.167. The minimum Gasteiger partial charge on any atom is -0.392 e. The molecule has 146 valence electrons. The highest BCUT2D eigenvalue weighted by molar-refractivity contribution is 5.68. The standard InChI is InChI=1S/C24H23N3O2/c1-18-21(10-6-12-24(18)20-8-3-2-4-9-20)16-29-17-22-14-27(26-25-22)23-11-5-7-19(13-23)15-28/h2-14,28H,15-17H2,1H3. The summed E-state index contributed by atoms with van der Waals surface area (Å²) in [6, 6.07) is 24.3. The summed E-state index contributed by atoms with van der Waals surface area (Å²) in [7, 11) is 0. The van der Waals surface area contributed by atoms with E-state index in [1.54, 1.807) is 4.68 Å². The Morgan fingerprint density at radius 2 is 1.76 bits per heavy atom. The SMILES string of the molecule is Cc1c(COCc2cn(-c3cccc(CO)c3)nn2)cccc1-c1ccccc1. The van der Waals surface area contributed by atoms with Crippen molar-refractivity contribution in [2.75, 3.05) is 0 Å². The smallest absolute Gasteiger partial charge is 0.109 e. The summed E-state index contributed by atoms with van der Waals surface area (Å²) in [6.07, 6.45) is 1.85. The van der Waals surface area contributed by atoms with Gasteiger partial charge in [-0.15, -0.1) is 5.10 Å². The number of nitrogens with zero attached hydrogens (tertiary/aromatic N) is 3. The zero-order valence-electron chi connectivity index (χ0n) is 16.3. The van der Waals surface area contributed by atoms with Crippen LogP contribution in [-0.4, -0.2) is 20.1 Å². The van der Waals surface area contributed by atoms with E-state index in [2.05, 4.69) is 59.7 Å². The second-order valence-electron chi connectivity index (χ2n) is 6.93. The van der Waals surface area contributed by atoms with Crippen molar-refractivity contribution >= 4 is 0 Å². The average Bonchev–Trinajstić information content (AvgIpc) is 3.25. The molecule has 0 unspecified atom stereocenters.